The van der Waals surface area contributed by atoms with Crippen LogP contribution in [0.15, 0.2) is 30.3 Å². The van der Waals surface area contributed by atoms with Crippen molar-refractivity contribution >= 4 is 5.91 Å². The van der Waals surface area contributed by atoms with Crippen LogP contribution in [-0.4, -0.2) is 12.5 Å². The van der Waals surface area contributed by atoms with Gasteiger partial charge >= 0.3 is 0 Å². The number of nitrogens with one attached hydrogen (secondary N) is 1. The predicted molar refractivity (Wildman–Crippen MR) is 80.8 cm³/mol. The van der Waals surface area contributed by atoms with Gasteiger partial charge in [0.15, 0.2) is 6.10 Å². The van der Waals surface area contributed by atoms with Crippen molar-refractivity contribution in [2.75, 3.05) is 6.61 Å². The summed E-state index contributed by atoms with van der Waals surface area (Å²) in [6.45, 7) is 4.93. The van der Waals surface area contributed by atoms with Crippen molar-refractivity contribution in [2.24, 2.45) is 11.8 Å². The van der Waals surface area contributed by atoms with E-state index in [1.807, 2.05) is 30.3 Å². The van der Waals surface area contributed by atoms with E-state index >= 15 is 0 Å². The van der Waals surface area contributed by atoms with E-state index in [2.05, 4.69) is 19.3 Å². The second-order valence-electron chi connectivity index (χ2n) is 5.05. The van der Waals surface area contributed by atoms with Gasteiger partial charge in [-0.15, -0.1) is 0 Å². The van der Waals surface area contributed by atoms with Gasteiger partial charge in [-0.25, -0.2) is 5.84 Å². The van der Waals surface area contributed by atoms with Crippen LogP contribution in [0.2, 0.25) is 0 Å². The van der Waals surface area contributed by atoms with Gasteiger partial charge in [-0.05, 0) is 17.9 Å². The molecule has 0 saturated heterocycles. The molecule has 2 unspecified atom stereocenters. The number of ether oxygens (including phenoxy) is 1. The molecule has 3 N–H and O–H groups in total. The third-order valence-electron chi connectivity index (χ3n) is 3.52. The average Bonchev–Trinajstić information content (AvgIpc) is 2.51. The molecule has 0 aliphatic rings. The summed E-state index contributed by atoms with van der Waals surface area (Å²) in [5, 5.41) is 0. The number of hydrogen-bond acceptors (Lipinski definition) is 3. The largest absolute Gasteiger partial charge is 0.363 e. The lowest BCUT2D eigenvalue weighted by Crippen LogP contribution is -2.36. The molecule has 0 aliphatic carbocycles. The fraction of sp³-hybridized carbons (Fsp3) is 0.562. The molecule has 1 aromatic rings. The van der Waals surface area contributed by atoms with Crippen LogP contribution in [0.4, 0.5) is 0 Å². The van der Waals surface area contributed by atoms with E-state index in [4.69, 9.17) is 10.6 Å². The van der Waals surface area contributed by atoms with Crippen molar-refractivity contribution in [1.29, 1.82) is 0 Å². The summed E-state index contributed by atoms with van der Waals surface area (Å²) in [7, 11) is 0. The molecule has 0 fully saturated rings. The Balaban J connectivity index is 2.64. The minimum atomic E-state index is -0.628. The maximum absolute atomic E-state index is 11.9. The van der Waals surface area contributed by atoms with E-state index in [1.165, 1.54) is 12.8 Å². The monoisotopic (exact) mass is 278 g/mol. The summed E-state index contributed by atoms with van der Waals surface area (Å²) < 4.78 is 5.84. The van der Waals surface area contributed by atoms with Crippen LogP contribution in [-0.2, 0) is 9.53 Å². The smallest absolute Gasteiger partial charge is 0.267 e. The Labute approximate surface area is 121 Å². The zero-order valence-electron chi connectivity index (χ0n) is 12.5. The molecule has 0 saturated carbocycles. The van der Waals surface area contributed by atoms with Crippen molar-refractivity contribution in [1.82, 2.24) is 5.43 Å². The van der Waals surface area contributed by atoms with Crippen LogP contribution in [0.1, 0.15) is 51.2 Å². The van der Waals surface area contributed by atoms with E-state index in [0.29, 0.717) is 12.5 Å². The van der Waals surface area contributed by atoms with Crippen molar-refractivity contribution in [3.05, 3.63) is 35.9 Å². The zero-order valence-corrected chi connectivity index (χ0v) is 12.5. The Morgan fingerprint density at radius 1 is 1.30 bits per heavy atom. The highest BCUT2D eigenvalue weighted by molar-refractivity contribution is 5.81. The lowest BCUT2D eigenvalue weighted by Gasteiger charge is -2.21. The van der Waals surface area contributed by atoms with E-state index in [-0.39, 0.29) is 5.91 Å². The molecular formula is C16H26N2O2. The molecule has 0 spiro atoms. The molecule has 0 aliphatic heterocycles. The summed E-state index contributed by atoms with van der Waals surface area (Å²) in [4.78, 5) is 11.9. The van der Waals surface area contributed by atoms with Crippen LogP contribution in [0.25, 0.3) is 0 Å². The van der Waals surface area contributed by atoms with Gasteiger partial charge in [0.25, 0.3) is 5.91 Å². The number of nitrogens with two attached hydrogens (primary N) is 1. The van der Waals surface area contributed by atoms with Crippen molar-refractivity contribution in [2.45, 2.75) is 45.6 Å². The second-order valence-corrected chi connectivity index (χ2v) is 5.05. The van der Waals surface area contributed by atoms with E-state index in [9.17, 15) is 4.79 Å². The van der Waals surface area contributed by atoms with E-state index in [0.717, 1.165) is 18.4 Å². The number of hydrogen-bond donors (Lipinski definition) is 2. The maximum atomic E-state index is 11.9. The van der Waals surface area contributed by atoms with Gasteiger partial charge in [0, 0.05) is 0 Å². The van der Waals surface area contributed by atoms with Gasteiger partial charge in [0.2, 0.25) is 0 Å². The molecule has 0 heterocycles. The van der Waals surface area contributed by atoms with Crippen LogP contribution < -0.4 is 11.3 Å². The first-order chi connectivity index (χ1) is 9.72. The molecule has 0 aromatic heterocycles. The fourth-order valence-electron chi connectivity index (χ4n) is 2.16. The lowest BCUT2D eigenvalue weighted by molar-refractivity contribution is -0.134. The normalized spacial score (nSPS) is 13.8. The summed E-state index contributed by atoms with van der Waals surface area (Å²) in [6, 6.07) is 9.46. The Hall–Kier alpha value is -1.39. The Kier molecular flexibility index (Phi) is 7.92. The summed E-state index contributed by atoms with van der Waals surface area (Å²) >= 11 is 0. The number of carbonyl (C=O) groups is 1. The molecule has 0 radical (unpaired) electrons. The third-order valence-corrected chi connectivity index (χ3v) is 3.52. The molecule has 20 heavy (non-hydrogen) atoms. The standard InChI is InChI=1S/C16H26N2O2/c1-3-5-9-13(4-2)12-20-15(16(19)18-17)14-10-7-6-8-11-14/h6-8,10-11,13,15H,3-5,9,12,17H2,1-2H3,(H,18,19). The van der Waals surface area contributed by atoms with Gasteiger partial charge in [-0.2, -0.15) is 0 Å². The van der Waals surface area contributed by atoms with Gasteiger partial charge < -0.3 is 4.74 Å². The van der Waals surface area contributed by atoms with Crippen molar-refractivity contribution < 1.29 is 9.53 Å². The Bertz CT molecular complexity index is 381. The molecule has 4 heteroatoms. The molecule has 112 valence electrons. The quantitative estimate of drug-likeness (QED) is 0.415. The maximum Gasteiger partial charge on any atom is 0.267 e. The molecule has 0 bridgehead atoms. The molecule has 1 aromatic carbocycles. The molecule has 1 rings (SSSR count). The topological polar surface area (TPSA) is 64.3 Å². The Morgan fingerprint density at radius 3 is 2.55 bits per heavy atom. The Morgan fingerprint density at radius 2 is 2.00 bits per heavy atom. The van der Waals surface area contributed by atoms with Crippen LogP contribution in [0.3, 0.4) is 0 Å². The number of carbonyl (C=O) groups excluding carboxylic acids is 1. The fourth-order valence-corrected chi connectivity index (χ4v) is 2.16. The molecule has 4 nitrogen and oxygen atoms in total. The number of amides is 1. The number of hydrazine groups is 1. The first kappa shape index (κ1) is 16.7. The van der Waals surface area contributed by atoms with Gasteiger partial charge in [-0.3, -0.25) is 10.2 Å². The number of rotatable bonds is 9. The second kappa shape index (κ2) is 9.50. The predicted octanol–water partition coefficient (Wildman–Crippen LogP) is 2.95. The van der Waals surface area contributed by atoms with Crippen molar-refractivity contribution in [3.63, 3.8) is 0 Å². The van der Waals surface area contributed by atoms with Crippen molar-refractivity contribution in [3.8, 4) is 0 Å². The summed E-state index contributed by atoms with van der Waals surface area (Å²) in [5.41, 5.74) is 3.02. The van der Waals surface area contributed by atoms with Gasteiger partial charge in [0.05, 0.1) is 6.61 Å². The van der Waals surface area contributed by atoms with E-state index < -0.39 is 6.10 Å². The molecule has 1 amide bonds. The van der Waals surface area contributed by atoms with Gasteiger partial charge in [0.1, 0.15) is 0 Å². The van der Waals surface area contributed by atoms with Crippen LogP contribution in [0, 0.1) is 5.92 Å². The van der Waals surface area contributed by atoms with E-state index in [1.54, 1.807) is 0 Å². The number of benzene rings is 1. The highest BCUT2D eigenvalue weighted by Gasteiger charge is 2.21. The minimum absolute atomic E-state index is 0.304. The lowest BCUT2D eigenvalue weighted by atomic mass is 10.0. The first-order valence-corrected chi connectivity index (χ1v) is 7.39. The SMILES string of the molecule is CCCCC(CC)COC(C(=O)NN)c1ccccc1. The zero-order chi connectivity index (χ0) is 14.8. The molecule has 2 atom stereocenters. The highest BCUT2D eigenvalue weighted by Crippen LogP contribution is 2.21. The molecular weight excluding hydrogens is 252 g/mol. The van der Waals surface area contributed by atoms with Crippen LogP contribution in [0.5, 0.6) is 0 Å². The summed E-state index contributed by atoms with van der Waals surface area (Å²) in [6.07, 6.45) is 3.95. The van der Waals surface area contributed by atoms with Crippen LogP contribution >= 0.6 is 0 Å². The average molecular weight is 278 g/mol. The highest BCUT2D eigenvalue weighted by atomic mass is 16.5. The van der Waals surface area contributed by atoms with Gasteiger partial charge in [-0.1, -0.05) is 63.4 Å². The number of unbranched alkanes of at least 4 members (excludes halogenated alkanes) is 1. The first-order valence-electron chi connectivity index (χ1n) is 7.39. The minimum Gasteiger partial charge on any atom is -0.363 e. The third kappa shape index (κ3) is 5.31. The summed E-state index contributed by atoms with van der Waals surface area (Å²) in [5.74, 6) is 5.44.